The lowest BCUT2D eigenvalue weighted by atomic mass is 10.1. The minimum absolute atomic E-state index is 0.0125. The highest BCUT2D eigenvalue weighted by Crippen LogP contribution is 2.22. The molecule has 0 bridgehead atoms. The van der Waals surface area contributed by atoms with E-state index in [1.165, 1.54) is 6.39 Å². The Morgan fingerprint density at radius 2 is 2.14 bits per heavy atom. The number of amides is 1. The van der Waals surface area contributed by atoms with Crippen LogP contribution < -0.4 is 10.6 Å². The third-order valence-electron chi connectivity index (χ3n) is 2.87. The average Bonchev–Trinajstić information content (AvgIpc) is 2.91. The molecule has 1 aromatic heterocycles. The quantitative estimate of drug-likeness (QED) is 0.887. The van der Waals surface area contributed by atoms with Crippen molar-refractivity contribution in [3.63, 3.8) is 0 Å². The lowest BCUT2D eigenvalue weighted by Gasteiger charge is -2.20. The summed E-state index contributed by atoms with van der Waals surface area (Å²) in [5.41, 5.74) is 1.66. The van der Waals surface area contributed by atoms with Crippen LogP contribution in [0.4, 0.5) is 5.69 Å². The first-order valence-corrected chi connectivity index (χ1v) is 6.98. The fourth-order valence-electron chi connectivity index (χ4n) is 1.88. The van der Waals surface area contributed by atoms with Crippen molar-refractivity contribution in [2.45, 2.75) is 32.7 Å². The predicted octanol–water partition coefficient (Wildman–Crippen LogP) is 3.06. The van der Waals surface area contributed by atoms with E-state index in [2.05, 4.69) is 36.4 Å². The standard InChI is InChI=1S/C16H21N3O2/c1-16(2,3)18-8-7-15(20)19-13-6-4-5-12(9-13)14-10-17-11-21-14/h4-6,9-11,18H,7-8H2,1-3H3,(H,19,20). The maximum absolute atomic E-state index is 11.9. The van der Waals surface area contributed by atoms with Crippen molar-refractivity contribution in [1.82, 2.24) is 10.3 Å². The van der Waals surface area contributed by atoms with E-state index in [0.29, 0.717) is 18.7 Å². The SMILES string of the molecule is CC(C)(C)NCCC(=O)Nc1cccc(-c2cnco2)c1. The smallest absolute Gasteiger partial charge is 0.225 e. The lowest BCUT2D eigenvalue weighted by Crippen LogP contribution is -2.37. The fraction of sp³-hybridized carbons (Fsp3) is 0.375. The van der Waals surface area contributed by atoms with Crippen LogP contribution in [-0.2, 0) is 4.79 Å². The number of anilines is 1. The van der Waals surface area contributed by atoms with Crippen LogP contribution in [0.2, 0.25) is 0 Å². The Labute approximate surface area is 124 Å². The minimum Gasteiger partial charge on any atom is -0.444 e. The molecule has 0 radical (unpaired) electrons. The number of carbonyl (C=O) groups is 1. The third-order valence-corrected chi connectivity index (χ3v) is 2.87. The van der Waals surface area contributed by atoms with Gasteiger partial charge in [0.2, 0.25) is 5.91 Å². The third kappa shape index (κ3) is 5.04. The number of nitrogens with one attached hydrogen (secondary N) is 2. The number of hydrogen-bond donors (Lipinski definition) is 2. The maximum Gasteiger partial charge on any atom is 0.225 e. The van der Waals surface area contributed by atoms with Crippen molar-refractivity contribution in [2.24, 2.45) is 0 Å². The molecule has 0 aliphatic rings. The molecular weight excluding hydrogens is 266 g/mol. The number of carbonyl (C=O) groups excluding carboxylic acids is 1. The van der Waals surface area contributed by atoms with Crippen molar-refractivity contribution in [3.8, 4) is 11.3 Å². The van der Waals surface area contributed by atoms with Crippen molar-refractivity contribution in [2.75, 3.05) is 11.9 Å². The minimum atomic E-state index is -0.0125. The number of rotatable bonds is 5. The molecule has 1 aromatic carbocycles. The van der Waals surface area contributed by atoms with Gasteiger partial charge in [-0.15, -0.1) is 0 Å². The summed E-state index contributed by atoms with van der Waals surface area (Å²) in [4.78, 5) is 15.8. The van der Waals surface area contributed by atoms with Crippen LogP contribution in [0.1, 0.15) is 27.2 Å². The first-order chi connectivity index (χ1) is 9.94. The van der Waals surface area contributed by atoms with Crippen molar-refractivity contribution >= 4 is 11.6 Å². The largest absolute Gasteiger partial charge is 0.444 e. The van der Waals surface area contributed by atoms with Crippen LogP contribution in [0.3, 0.4) is 0 Å². The Hall–Kier alpha value is -2.14. The first kappa shape index (κ1) is 15.3. The normalized spacial score (nSPS) is 11.4. The molecule has 0 fully saturated rings. The number of benzene rings is 1. The molecule has 1 heterocycles. The summed E-state index contributed by atoms with van der Waals surface area (Å²) < 4.78 is 5.25. The molecule has 0 saturated carbocycles. The number of nitrogens with zero attached hydrogens (tertiary/aromatic N) is 1. The molecule has 1 amide bonds. The van der Waals surface area contributed by atoms with Crippen molar-refractivity contribution in [3.05, 3.63) is 36.9 Å². The molecular formula is C16H21N3O2. The van der Waals surface area contributed by atoms with E-state index in [-0.39, 0.29) is 11.4 Å². The van der Waals surface area contributed by atoms with Gasteiger partial charge in [-0.2, -0.15) is 0 Å². The summed E-state index contributed by atoms with van der Waals surface area (Å²) in [5, 5.41) is 6.18. The Morgan fingerprint density at radius 3 is 2.81 bits per heavy atom. The maximum atomic E-state index is 11.9. The van der Waals surface area contributed by atoms with Crippen LogP contribution in [-0.4, -0.2) is 23.0 Å². The van der Waals surface area contributed by atoms with E-state index in [4.69, 9.17) is 4.42 Å². The second kappa shape index (κ2) is 6.54. The number of hydrogen-bond acceptors (Lipinski definition) is 4. The Bertz CT molecular complexity index is 586. The van der Waals surface area contributed by atoms with Crippen LogP contribution in [0, 0.1) is 0 Å². The zero-order valence-corrected chi connectivity index (χ0v) is 12.6. The summed E-state index contributed by atoms with van der Waals surface area (Å²) in [6.07, 6.45) is 3.47. The molecule has 0 spiro atoms. The molecule has 5 nitrogen and oxygen atoms in total. The molecule has 2 N–H and O–H groups in total. The van der Waals surface area contributed by atoms with Gasteiger partial charge >= 0.3 is 0 Å². The number of oxazole rings is 1. The van der Waals surface area contributed by atoms with E-state index < -0.39 is 0 Å². The first-order valence-electron chi connectivity index (χ1n) is 6.98. The second-order valence-corrected chi connectivity index (χ2v) is 5.92. The zero-order chi connectivity index (χ0) is 15.3. The highest BCUT2D eigenvalue weighted by molar-refractivity contribution is 5.91. The summed E-state index contributed by atoms with van der Waals surface area (Å²) >= 11 is 0. The van der Waals surface area contributed by atoms with Gasteiger partial charge in [0.05, 0.1) is 6.20 Å². The molecule has 21 heavy (non-hydrogen) atoms. The van der Waals surface area contributed by atoms with Gasteiger partial charge in [0.1, 0.15) is 0 Å². The van der Waals surface area contributed by atoms with E-state index in [9.17, 15) is 4.79 Å². The molecule has 0 aliphatic carbocycles. The van der Waals surface area contributed by atoms with Gasteiger partial charge in [0, 0.05) is 29.8 Å². The van der Waals surface area contributed by atoms with Gasteiger partial charge in [0.15, 0.2) is 12.2 Å². The van der Waals surface area contributed by atoms with E-state index in [1.807, 2.05) is 24.3 Å². The monoisotopic (exact) mass is 287 g/mol. The van der Waals surface area contributed by atoms with E-state index >= 15 is 0 Å². The fourth-order valence-corrected chi connectivity index (χ4v) is 1.88. The van der Waals surface area contributed by atoms with Gasteiger partial charge in [-0.1, -0.05) is 12.1 Å². The number of aromatic nitrogens is 1. The van der Waals surface area contributed by atoms with Crippen LogP contribution in [0.5, 0.6) is 0 Å². The van der Waals surface area contributed by atoms with Crippen LogP contribution in [0.25, 0.3) is 11.3 Å². The molecule has 0 aliphatic heterocycles. The molecule has 2 aromatic rings. The van der Waals surface area contributed by atoms with E-state index in [1.54, 1.807) is 6.20 Å². The molecule has 5 heteroatoms. The Kier molecular flexibility index (Phi) is 4.75. The predicted molar refractivity (Wildman–Crippen MR) is 82.9 cm³/mol. The van der Waals surface area contributed by atoms with Gasteiger partial charge in [-0.3, -0.25) is 4.79 Å². The van der Waals surface area contributed by atoms with Gasteiger partial charge < -0.3 is 15.1 Å². The summed E-state index contributed by atoms with van der Waals surface area (Å²) in [5.74, 6) is 0.668. The highest BCUT2D eigenvalue weighted by Gasteiger charge is 2.10. The second-order valence-electron chi connectivity index (χ2n) is 5.92. The zero-order valence-electron chi connectivity index (χ0n) is 12.6. The van der Waals surface area contributed by atoms with Crippen molar-refractivity contribution in [1.29, 1.82) is 0 Å². The Morgan fingerprint density at radius 1 is 1.33 bits per heavy atom. The van der Waals surface area contributed by atoms with Crippen molar-refractivity contribution < 1.29 is 9.21 Å². The van der Waals surface area contributed by atoms with Gasteiger partial charge in [-0.25, -0.2) is 4.98 Å². The molecule has 2 rings (SSSR count). The van der Waals surface area contributed by atoms with Gasteiger partial charge in [0.25, 0.3) is 0 Å². The summed E-state index contributed by atoms with van der Waals surface area (Å²) in [7, 11) is 0. The van der Waals surface area contributed by atoms with Crippen LogP contribution in [0.15, 0.2) is 41.3 Å². The lowest BCUT2D eigenvalue weighted by molar-refractivity contribution is -0.116. The average molecular weight is 287 g/mol. The van der Waals surface area contributed by atoms with Gasteiger partial charge in [-0.05, 0) is 32.9 Å². The van der Waals surface area contributed by atoms with Crippen LogP contribution >= 0.6 is 0 Å². The Balaban J connectivity index is 1.91. The highest BCUT2D eigenvalue weighted by atomic mass is 16.3. The molecule has 0 unspecified atom stereocenters. The summed E-state index contributed by atoms with van der Waals surface area (Å²) in [6.45, 7) is 6.88. The topological polar surface area (TPSA) is 67.2 Å². The molecule has 0 atom stereocenters. The molecule has 0 saturated heterocycles. The summed E-state index contributed by atoms with van der Waals surface area (Å²) in [6, 6.07) is 7.52. The molecule has 112 valence electrons. The van der Waals surface area contributed by atoms with E-state index in [0.717, 1.165) is 11.3 Å².